The van der Waals surface area contributed by atoms with E-state index in [2.05, 4.69) is 22.8 Å². The Morgan fingerprint density at radius 3 is 2.56 bits per heavy atom. The van der Waals surface area contributed by atoms with Gasteiger partial charge in [-0.2, -0.15) is 18.4 Å². The summed E-state index contributed by atoms with van der Waals surface area (Å²) in [5.41, 5.74) is 10.2. The van der Waals surface area contributed by atoms with Gasteiger partial charge >= 0.3 is 10.4 Å². The second-order valence-corrected chi connectivity index (χ2v) is 9.14. The normalized spacial score (nSPS) is 12.8. The minimum absolute atomic E-state index is 0.444. The molecule has 0 spiro atoms. The Bertz CT molecular complexity index is 1510. The van der Waals surface area contributed by atoms with Crippen molar-refractivity contribution >= 4 is 38.8 Å². The zero-order valence-electron chi connectivity index (χ0n) is 19.5. The number of fused-ring (bicyclic) bond motifs is 2. The Hall–Kier alpha value is -4.00. The van der Waals surface area contributed by atoms with Gasteiger partial charge in [0.05, 0.1) is 5.52 Å². The topological polar surface area (TPSA) is 172 Å². The highest BCUT2D eigenvalue weighted by atomic mass is 32.3. The van der Waals surface area contributed by atoms with E-state index in [1.54, 1.807) is 6.07 Å². The maximum atomic E-state index is 11.9. The number of rotatable bonds is 5. The van der Waals surface area contributed by atoms with Crippen molar-refractivity contribution in [3.63, 3.8) is 0 Å². The fourth-order valence-corrected chi connectivity index (χ4v) is 4.20. The van der Waals surface area contributed by atoms with Gasteiger partial charge in [-0.3, -0.25) is 18.5 Å². The monoisotopic (exact) mass is 510 g/mol. The summed E-state index contributed by atoms with van der Waals surface area (Å²) in [4.78, 5) is 21.7. The summed E-state index contributed by atoms with van der Waals surface area (Å²) in [5, 5.41) is 7.74. The number of nitrogens with one attached hydrogen (secondary N) is 2. The van der Waals surface area contributed by atoms with Crippen molar-refractivity contribution in [2.45, 2.75) is 26.3 Å². The van der Waals surface area contributed by atoms with E-state index in [9.17, 15) is 4.79 Å². The minimum atomic E-state index is -4.67. The fourth-order valence-electron chi connectivity index (χ4n) is 4.20. The van der Waals surface area contributed by atoms with Crippen molar-refractivity contribution in [2.24, 2.45) is 5.73 Å². The zero-order chi connectivity index (χ0) is 25.9. The van der Waals surface area contributed by atoms with Gasteiger partial charge in [0, 0.05) is 35.3 Å². The lowest BCUT2D eigenvalue weighted by atomic mass is 10.1. The lowest BCUT2D eigenvalue weighted by Gasteiger charge is -2.22. The van der Waals surface area contributed by atoms with Crippen LogP contribution in [0.3, 0.4) is 0 Å². The third-order valence-electron chi connectivity index (χ3n) is 5.69. The molecule has 0 aliphatic carbocycles. The SMILES string of the molecule is Cc1cc2c(C(N)=O)cccc2n1-c1nc2c(c(NCc3ccccc3)n1)CCCN2.O=S(=O)(O)O. The van der Waals surface area contributed by atoms with Crippen LogP contribution < -0.4 is 16.4 Å². The highest BCUT2D eigenvalue weighted by molar-refractivity contribution is 7.79. The Morgan fingerprint density at radius 2 is 1.86 bits per heavy atom. The number of hydrogen-bond donors (Lipinski definition) is 5. The molecule has 2 aromatic heterocycles. The number of aromatic nitrogens is 3. The number of nitrogens with two attached hydrogens (primary N) is 1. The first-order chi connectivity index (χ1) is 17.1. The summed E-state index contributed by atoms with van der Waals surface area (Å²) in [6, 6.07) is 17.8. The fraction of sp³-hybridized carbons (Fsp3) is 0.208. The number of benzene rings is 2. The third-order valence-corrected chi connectivity index (χ3v) is 5.69. The van der Waals surface area contributed by atoms with E-state index in [1.807, 2.05) is 47.9 Å². The number of hydrogen-bond acceptors (Lipinski definition) is 7. The summed E-state index contributed by atoms with van der Waals surface area (Å²) in [6.07, 6.45) is 1.97. The van der Waals surface area contributed by atoms with E-state index in [0.29, 0.717) is 18.1 Å². The number of anilines is 2. The van der Waals surface area contributed by atoms with Crippen molar-refractivity contribution in [3.8, 4) is 5.95 Å². The molecule has 0 atom stereocenters. The van der Waals surface area contributed by atoms with Crippen molar-refractivity contribution < 1.29 is 22.3 Å². The number of nitrogens with zero attached hydrogens (tertiary/aromatic N) is 3. The van der Waals surface area contributed by atoms with Gasteiger partial charge < -0.3 is 16.4 Å². The second kappa shape index (κ2) is 10.3. The molecule has 0 saturated heterocycles. The van der Waals surface area contributed by atoms with E-state index < -0.39 is 16.3 Å². The van der Waals surface area contributed by atoms with Crippen LogP contribution in [0.1, 0.15) is 33.6 Å². The van der Waals surface area contributed by atoms with Crippen molar-refractivity contribution in [1.82, 2.24) is 14.5 Å². The van der Waals surface area contributed by atoms with Gasteiger partial charge in [0.2, 0.25) is 11.9 Å². The van der Waals surface area contributed by atoms with Gasteiger partial charge in [0.15, 0.2) is 0 Å². The molecule has 11 nitrogen and oxygen atoms in total. The number of aryl methyl sites for hydroxylation is 1. The lowest BCUT2D eigenvalue weighted by molar-refractivity contribution is 0.100. The Morgan fingerprint density at radius 1 is 1.14 bits per heavy atom. The van der Waals surface area contributed by atoms with Gasteiger partial charge in [-0.1, -0.05) is 36.4 Å². The van der Waals surface area contributed by atoms with Crippen LogP contribution in [0, 0.1) is 6.92 Å². The highest BCUT2D eigenvalue weighted by Gasteiger charge is 2.21. The molecule has 0 bridgehead atoms. The van der Waals surface area contributed by atoms with Crippen LogP contribution in [-0.4, -0.2) is 44.5 Å². The molecule has 4 aromatic rings. The first kappa shape index (κ1) is 25.1. The van der Waals surface area contributed by atoms with Crippen LogP contribution in [0.5, 0.6) is 0 Å². The lowest BCUT2D eigenvalue weighted by Crippen LogP contribution is -2.19. The summed E-state index contributed by atoms with van der Waals surface area (Å²) >= 11 is 0. The summed E-state index contributed by atoms with van der Waals surface area (Å²) in [6.45, 7) is 3.55. The summed E-state index contributed by atoms with van der Waals surface area (Å²) in [7, 11) is -4.67. The molecule has 12 heteroatoms. The van der Waals surface area contributed by atoms with Crippen LogP contribution in [0.25, 0.3) is 16.9 Å². The van der Waals surface area contributed by atoms with Crippen LogP contribution in [0.4, 0.5) is 11.6 Å². The van der Waals surface area contributed by atoms with Crippen LogP contribution in [0.2, 0.25) is 0 Å². The molecular weight excluding hydrogens is 484 g/mol. The second-order valence-electron chi connectivity index (χ2n) is 8.24. The molecule has 1 aliphatic heterocycles. The highest BCUT2D eigenvalue weighted by Crippen LogP contribution is 2.31. The van der Waals surface area contributed by atoms with E-state index in [4.69, 9.17) is 33.2 Å². The average Bonchev–Trinajstić information content (AvgIpc) is 3.17. The number of primary amides is 1. The molecule has 188 valence electrons. The van der Waals surface area contributed by atoms with E-state index >= 15 is 0 Å². The average molecular weight is 511 g/mol. The summed E-state index contributed by atoms with van der Waals surface area (Å²) < 4.78 is 33.6. The van der Waals surface area contributed by atoms with Gasteiger partial charge in [-0.05, 0) is 43.5 Å². The number of amides is 1. The smallest absolute Gasteiger partial charge is 0.370 e. The molecule has 3 heterocycles. The molecule has 36 heavy (non-hydrogen) atoms. The first-order valence-corrected chi connectivity index (χ1v) is 12.5. The predicted molar refractivity (Wildman–Crippen MR) is 137 cm³/mol. The predicted octanol–water partition coefficient (Wildman–Crippen LogP) is 3.15. The van der Waals surface area contributed by atoms with Gasteiger partial charge in [0.1, 0.15) is 11.6 Å². The van der Waals surface area contributed by atoms with Crippen LogP contribution >= 0.6 is 0 Å². The number of carbonyl (C=O) groups is 1. The molecule has 1 amide bonds. The molecule has 0 radical (unpaired) electrons. The standard InChI is InChI=1S/C24H24N6O.H2O4S/c1-15-13-19-17(21(25)31)9-5-11-20(19)30(15)24-28-22-18(10-6-12-26-22)23(29-24)27-14-16-7-3-2-4-8-16;1-5(2,3)4/h2-5,7-9,11,13H,6,10,12,14H2,1H3,(H2,25,31)(H2,26,27,28,29);(H2,1,2,3,4). The molecule has 0 saturated carbocycles. The van der Waals surface area contributed by atoms with E-state index in [0.717, 1.165) is 53.2 Å². The third kappa shape index (κ3) is 5.79. The van der Waals surface area contributed by atoms with Crippen LogP contribution in [0.15, 0.2) is 54.6 Å². The van der Waals surface area contributed by atoms with Crippen molar-refractivity contribution in [2.75, 3.05) is 17.2 Å². The van der Waals surface area contributed by atoms with Crippen molar-refractivity contribution in [1.29, 1.82) is 0 Å². The zero-order valence-corrected chi connectivity index (χ0v) is 20.3. The first-order valence-electron chi connectivity index (χ1n) is 11.2. The summed E-state index contributed by atoms with van der Waals surface area (Å²) in [5.74, 6) is 1.82. The molecular formula is C24H26N6O5S. The van der Waals surface area contributed by atoms with Gasteiger partial charge in [-0.25, -0.2) is 0 Å². The quantitative estimate of drug-likeness (QED) is 0.253. The molecule has 2 aromatic carbocycles. The molecule has 0 fully saturated rings. The Kier molecular flexibility index (Phi) is 7.20. The molecule has 1 aliphatic rings. The number of carbonyl (C=O) groups excluding carboxylic acids is 1. The van der Waals surface area contributed by atoms with Crippen molar-refractivity contribution in [3.05, 3.63) is 77.0 Å². The van der Waals surface area contributed by atoms with Crippen LogP contribution in [-0.2, 0) is 23.4 Å². The van der Waals surface area contributed by atoms with E-state index in [-0.39, 0.29) is 0 Å². The van der Waals surface area contributed by atoms with Gasteiger partial charge in [0.25, 0.3) is 0 Å². The molecule has 0 unspecified atom stereocenters. The minimum Gasteiger partial charge on any atom is -0.370 e. The molecule has 5 rings (SSSR count). The van der Waals surface area contributed by atoms with Gasteiger partial charge in [-0.15, -0.1) is 0 Å². The maximum absolute atomic E-state index is 11.9. The largest absolute Gasteiger partial charge is 0.394 e. The Balaban J connectivity index is 0.000000556. The maximum Gasteiger partial charge on any atom is 0.394 e. The van der Waals surface area contributed by atoms with E-state index in [1.165, 1.54) is 5.56 Å². The molecule has 6 N–H and O–H groups in total. The Labute approximate surface area is 208 Å².